The van der Waals surface area contributed by atoms with Gasteiger partial charge in [0.05, 0.1) is 17.6 Å². The number of nitrogens with one attached hydrogen (secondary N) is 3. The number of hydrogen-bond donors (Lipinski definition) is 3. The molecule has 2 aromatic rings. The summed E-state index contributed by atoms with van der Waals surface area (Å²) in [6.45, 7) is 4.99. The Hall–Kier alpha value is -2.95. The van der Waals surface area contributed by atoms with Crippen molar-refractivity contribution < 1.29 is 27.5 Å². The summed E-state index contributed by atoms with van der Waals surface area (Å²) in [7, 11) is -3.78. The highest BCUT2D eigenvalue weighted by Crippen LogP contribution is 2.18. The first-order chi connectivity index (χ1) is 15.7. The number of anilines is 2. The van der Waals surface area contributed by atoms with Crippen LogP contribution in [0.15, 0.2) is 53.4 Å². The molecule has 0 bridgehead atoms. The Labute approximate surface area is 193 Å². The van der Waals surface area contributed by atoms with Gasteiger partial charge in [-0.25, -0.2) is 17.9 Å². The van der Waals surface area contributed by atoms with Crippen LogP contribution in [0.1, 0.15) is 37.0 Å². The molecule has 0 spiro atoms. The van der Waals surface area contributed by atoms with E-state index >= 15 is 0 Å². The van der Waals surface area contributed by atoms with Crippen molar-refractivity contribution >= 4 is 33.4 Å². The second-order valence-electron chi connectivity index (χ2n) is 8.17. The second kappa shape index (κ2) is 11.3. The Morgan fingerprint density at radius 2 is 1.82 bits per heavy atom. The molecule has 3 rings (SSSR count). The van der Waals surface area contributed by atoms with Gasteiger partial charge in [0.2, 0.25) is 10.0 Å². The molecule has 2 amide bonds. The zero-order valence-electron chi connectivity index (χ0n) is 18.7. The molecule has 9 nitrogen and oxygen atoms in total. The molecular weight excluding hydrogens is 446 g/mol. The molecule has 2 aromatic carbocycles. The maximum atomic E-state index is 12.7. The highest BCUT2D eigenvalue weighted by molar-refractivity contribution is 7.89. The van der Waals surface area contributed by atoms with Crippen molar-refractivity contribution in [3.05, 3.63) is 54.1 Å². The van der Waals surface area contributed by atoms with Gasteiger partial charge >= 0.3 is 6.09 Å². The van der Waals surface area contributed by atoms with Crippen LogP contribution in [0.4, 0.5) is 16.2 Å². The van der Waals surface area contributed by atoms with Crippen molar-refractivity contribution in [2.24, 2.45) is 5.92 Å². The monoisotopic (exact) mass is 475 g/mol. The van der Waals surface area contributed by atoms with Crippen LogP contribution >= 0.6 is 0 Å². The number of ether oxygens (including phenoxy) is 2. The third-order valence-corrected chi connectivity index (χ3v) is 6.27. The number of carbonyl (C=O) groups excluding carboxylic acids is 2. The van der Waals surface area contributed by atoms with Crippen LogP contribution in [0.5, 0.6) is 0 Å². The second-order valence-corrected chi connectivity index (χ2v) is 9.93. The maximum Gasteiger partial charge on any atom is 0.411 e. The van der Waals surface area contributed by atoms with E-state index in [1.165, 1.54) is 24.3 Å². The molecule has 178 valence electrons. The summed E-state index contributed by atoms with van der Waals surface area (Å²) in [5, 5.41) is 5.32. The van der Waals surface area contributed by atoms with Gasteiger partial charge in [0.25, 0.3) is 5.91 Å². The third-order valence-electron chi connectivity index (χ3n) is 4.85. The van der Waals surface area contributed by atoms with Crippen LogP contribution < -0.4 is 15.4 Å². The number of amides is 2. The van der Waals surface area contributed by atoms with Gasteiger partial charge in [-0.05, 0) is 55.2 Å². The maximum absolute atomic E-state index is 12.7. The van der Waals surface area contributed by atoms with E-state index in [2.05, 4.69) is 15.4 Å². The van der Waals surface area contributed by atoms with Crippen molar-refractivity contribution in [1.29, 1.82) is 0 Å². The standard InChI is InChI=1S/C23H29N3O6S/c1-16(2)15-32-23(28)26-19-8-4-7-18(13-19)25-22(27)17-6-3-10-21(12-17)33(29,30)24-14-20-9-5-11-31-20/h3-4,6-8,10,12-13,16,20,24H,5,9,11,14-15H2,1-2H3,(H,25,27)(H,26,28). The summed E-state index contributed by atoms with van der Waals surface area (Å²) in [4.78, 5) is 24.6. The number of benzene rings is 2. The van der Waals surface area contributed by atoms with Gasteiger partial charge in [-0.2, -0.15) is 0 Å². The van der Waals surface area contributed by atoms with E-state index in [4.69, 9.17) is 9.47 Å². The fraction of sp³-hybridized carbons (Fsp3) is 0.391. The fourth-order valence-electron chi connectivity index (χ4n) is 3.17. The minimum atomic E-state index is -3.78. The zero-order chi connectivity index (χ0) is 23.8. The molecule has 0 aliphatic carbocycles. The summed E-state index contributed by atoms with van der Waals surface area (Å²) in [6, 6.07) is 12.4. The molecular formula is C23H29N3O6S. The molecule has 1 fully saturated rings. The summed E-state index contributed by atoms with van der Waals surface area (Å²) in [6.07, 6.45) is 1.02. The Morgan fingerprint density at radius 3 is 2.52 bits per heavy atom. The quantitative estimate of drug-likeness (QED) is 0.509. The normalized spacial score (nSPS) is 15.9. The highest BCUT2D eigenvalue weighted by Gasteiger charge is 2.21. The van der Waals surface area contributed by atoms with Crippen LogP contribution in [0.2, 0.25) is 0 Å². The molecule has 1 saturated heterocycles. The van der Waals surface area contributed by atoms with Crippen molar-refractivity contribution in [3.8, 4) is 0 Å². The molecule has 33 heavy (non-hydrogen) atoms. The molecule has 1 aliphatic heterocycles. The van der Waals surface area contributed by atoms with Crippen molar-refractivity contribution in [2.75, 3.05) is 30.4 Å². The minimum Gasteiger partial charge on any atom is -0.449 e. The number of sulfonamides is 1. The van der Waals surface area contributed by atoms with Gasteiger partial charge in [-0.3, -0.25) is 10.1 Å². The first-order valence-corrected chi connectivity index (χ1v) is 12.3. The minimum absolute atomic E-state index is 0.00328. The fourth-order valence-corrected chi connectivity index (χ4v) is 4.28. The molecule has 1 unspecified atom stereocenters. The average molecular weight is 476 g/mol. The average Bonchev–Trinajstić information content (AvgIpc) is 3.30. The third kappa shape index (κ3) is 7.55. The predicted molar refractivity (Wildman–Crippen MR) is 125 cm³/mol. The molecule has 10 heteroatoms. The van der Waals surface area contributed by atoms with E-state index in [0.29, 0.717) is 24.6 Å². The Morgan fingerprint density at radius 1 is 1.09 bits per heavy atom. The van der Waals surface area contributed by atoms with Gasteiger partial charge in [0.15, 0.2) is 0 Å². The lowest BCUT2D eigenvalue weighted by atomic mass is 10.2. The van der Waals surface area contributed by atoms with Gasteiger partial charge in [-0.1, -0.05) is 26.0 Å². The SMILES string of the molecule is CC(C)COC(=O)Nc1cccc(NC(=O)c2cccc(S(=O)(=O)NCC3CCCO3)c2)c1. The van der Waals surface area contributed by atoms with Crippen molar-refractivity contribution in [3.63, 3.8) is 0 Å². The molecule has 0 saturated carbocycles. The molecule has 3 N–H and O–H groups in total. The van der Waals surface area contributed by atoms with Crippen LogP contribution in [0, 0.1) is 5.92 Å². The van der Waals surface area contributed by atoms with E-state index in [9.17, 15) is 18.0 Å². The molecule has 0 aromatic heterocycles. The van der Waals surface area contributed by atoms with E-state index in [1.54, 1.807) is 24.3 Å². The number of rotatable bonds is 9. The highest BCUT2D eigenvalue weighted by atomic mass is 32.2. The van der Waals surface area contributed by atoms with Gasteiger partial charge < -0.3 is 14.8 Å². The lowest BCUT2D eigenvalue weighted by Gasteiger charge is -2.12. The largest absolute Gasteiger partial charge is 0.449 e. The molecule has 1 aliphatic rings. The van der Waals surface area contributed by atoms with Crippen LogP contribution in [0.3, 0.4) is 0 Å². The predicted octanol–water partition coefficient (Wildman–Crippen LogP) is 3.60. The van der Waals surface area contributed by atoms with E-state index in [-0.39, 0.29) is 29.0 Å². The van der Waals surface area contributed by atoms with E-state index < -0.39 is 22.0 Å². The topological polar surface area (TPSA) is 123 Å². The zero-order valence-corrected chi connectivity index (χ0v) is 19.5. The summed E-state index contributed by atoms with van der Waals surface area (Å²) in [5.74, 6) is -0.266. The Balaban J connectivity index is 1.63. The first kappa shape index (κ1) is 24.7. The lowest BCUT2D eigenvalue weighted by Crippen LogP contribution is -2.32. The van der Waals surface area contributed by atoms with Crippen LogP contribution in [-0.4, -0.2) is 46.3 Å². The van der Waals surface area contributed by atoms with Crippen molar-refractivity contribution in [2.45, 2.75) is 37.7 Å². The summed E-state index contributed by atoms with van der Waals surface area (Å²) in [5.41, 5.74) is 1.08. The van der Waals surface area contributed by atoms with Crippen LogP contribution in [-0.2, 0) is 19.5 Å². The number of hydrogen-bond acceptors (Lipinski definition) is 6. The Bertz CT molecular complexity index is 1080. The number of carbonyl (C=O) groups is 2. The van der Waals surface area contributed by atoms with E-state index in [0.717, 1.165) is 12.8 Å². The Kier molecular flexibility index (Phi) is 8.43. The molecule has 1 atom stereocenters. The van der Waals surface area contributed by atoms with Gasteiger partial charge in [0, 0.05) is 30.1 Å². The van der Waals surface area contributed by atoms with E-state index in [1.807, 2.05) is 13.8 Å². The summed E-state index contributed by atoms with van der Waals surface area (Å²) < 4.78 is 38.3. The summed E-state index contributed by atoms with van der Waals surface area (Å²) >= 11 is 0. The van der Waals surface area contributed by atoms with Crippen molar-refractivity contribution in [1.82, 2.24) is 4.72 Å². The first-order valence-electron chi connectivity index (χ1n) is 10.8. The van der Waals surface area contributed by atoms with Gasteiger partial charge in [-0.15, -0.1) is 0 Å². The molecule has 1 heterocycles. The van der Waals surface area contributed by atoms with Crippen LogP contribution in [0.25, 0.3) is 0 Å². The van der Waals surface area contributed by atoms with Gasteiger partial charge in [0.1, 0.15) is 0 Å². The lowest BCUT2D eigenvalue weighted by molar-refractivity contribution is 0.102. The molecule has 0 radical (unpaired) electrons. The smallest absolute Gasteiger partial charge is 0.411 e.